The second kappa shape index (κ2) is 8.05. The summed E-state index contributed by atoms with van der Waals surface area (Å²) in [6, 6.07) is 15.9. The lowest BCUT2D eigenvalue weighted by molar-refractivity contribution is 0.1000. The van der Waals surface area contributed by atoms with E-state index in [1.807, 2.05) is 18.2 Å². The molecule has 27 heavy (non-hydrogen) atoms. The number of amides is 2. The number of benzene rings is 2. The van der Waals surface area contributed by atoms with E-state index in [1.165, 1.54) is 0 Å². The zero-order chi connectivity index (χ0) is 19.2. The first-order chi connectivity index (χ1) is 13.0. The van der Waals surface area contributed by atoms with Gasteiger partial charge in [-0.15, -0.1) is 0 Å². The predicted molar refractivity (Wildman–Crippen MR) is 95.6 cm³/mol. The van der Waals surface area contributed by atoms with Crippen molar-refractivity contribution < 1.29 is 23.6 Å². The Morgan fingerprint density at radius 1 is 1.00 bits per heavy atom. The summed E-state index contributed by atoms with van der Waals surface area (Å²) in [5, 5.41) is 3.92. The summed E-state index contributed by atoms with van der Waals surface area (Å²) < 4.78 is 15.5. The van der Waals surface area contributed by atoms with Crippen LogP contribution in [0.15, 0.2) is 59.1 Å². The van der Waals surface area contributed by atoms with Gasteiger partial charge in [0.1, 0.15) is 18.1 Å². The molecule has 8 heteroatoms. The molecule has 2 aromatic carbocycles. The van der Waals surface area contributed by atoms with Crippen LogP contribution in [0.4, 0.5) is 4.79 Å². The van der Waals surface area contributed by atoms with Crippen LogP contribution in [0.5, 0.6) is 5.75 Å². The highest BCUT2D eigenvalue weighted by molar-refractivity contribution is 5.92. The first kappa shape index (κ1) is 18.0. The molecule has 2 amide bonds. The lowest BCUT2D eigenvalue weighted by atomic mass is 10.1. The zero-order valence-corrected chi connectivity index (χ0v) is 14.3. The predicted octanol–water partition coefficient (Wildman–Crippen LogP) is 2.61. The van der Waals surface area contributed by atoms with Crippen LogP contribution in [0.3, 0.4) is 0 Å². The van der Waals surface area contributed by atoms with Crippen LogP contribution >= 0.6 is 0 Å². The molecule has 0 saturated heterocycles. The number of carbonyl (C=O) groups is 2. The summed E-state index contributed by atoms with van der Waals surface area (Å²) in [6.45, 7) is 0.229. The minimum absolute atomic E-state index is 0.0755. The molecule has 0 aliphatic carbocycles. The van der Waals surface area contributed by atoms with Crippen molar-refractivity contribution in [3.05, 3.63) is 71.5 Å². The Labute approximate surface area is 154 Å². The van der Waals surface area contributed by atoms with Gasteiger partial charge in [-0.05, 0) is 42.0 Å². The molecule has 0 bridgehead atoms. The fourth-order valence-electron chi connectivity index (χ4n) is 2.36. The fourth-order valence-corrected chi connectivity index (χ4v) is 2.36. The molecule has 3 aromatic rings. The van der Waals surface area contributed by atoms with Gasteiger partial charge in [-0.3, -0.25) is 4.79 Å². The van der Waals surface area contributed by atoms with Crippen molar-refractivity contribution in [2.45, 2.75) is 13.2 Å². The van der Waals surface area contributed by atoms with Crippen LogP contribution in [-0.4, -0.2) is 17.2 Å². The molecule has 138 valence electrons. The standard InChI is InChI=1S/C19H17N3O5/c20-18(23)14-3-1-2-12(8-14)10-25-15-6-4-13(5-7-15)17-9-16(27-22-17)11-26-19(21)24/h1-9H,10-11H2,(H2,20,23)(H2,21,24). The molecule has 0 spiro atoms. The van der Waals surface area contributed by atoms with E-state index in [2.05, 4.69) is 9.89 Å². The number of primary amides is 2. The Morgan fingerprint density at radius 2 is 1.78 bits per heavy atom. The topological polar surface area (TPSA) is 131 Å². The molecule has 0 saturated carbocycles. The number of hydrogen-bond donors (Lipinski definition) is 2. The van der Waals surface area contributed by atoms with Crippen molar-refractivity contribution in [1.29, 1.82) is 0 Å². The highest BCUT2D eigenvalue weighted by atomic mass is 16.6. The summed E-state index contributed by atoms with van der Waals surface area (Å²) in [5.74, 6) is 0.567. The normalized spacial score (nSPS) is 10.4. The first-order valence-corrected chi connectivity index (χ1v) is 8.01. The van der Waals surface area contributed by atoms with Crippen molar-refractivity contribution in [1.82, 2.24) is 5.16 Å². The van der Waals surface area contributed by atoms with Gasteiger partial charge in [0.15, 0.2) is 12.4 Å². The molecule has 0 fully saturated rings. The maximum atomic E-state index is 11.2. The molecule has 0 radical (unpaired) electrons. The van der Waals surface area contributed by atoms with Gasteiger partial charge in [-0.2, -0.15) is 0 Å². The zero-order valence-electron chi connectivity index (χ0n) is 14.3. The third-order valence-electron chi connectivity index (χ3n) is 3.68. The number of ether oxygens (including phenoxy) is 2. The number of hydrogen-bond acceptors (Lipinski definition) is 6. The van der Waals surface area contributed by atoms with E-state index in [1.54, 1.807) is 36.4 Å². The SMILES string of the molecule is NC(=O)OCc1cc(-c2ccc(OCc3cccc(C(N)=O)c3)cc2)no1. The number of carbonyl (C=O) groups excluding carboxylic acids is 2. The molecule has 0 unspecified atom stereocenters. The molecule has 0 aliphatic rings. The second-order valence-corrected chi connectivity index (χ2v) is 5.66. The Balaban J connectivity index is 1.61. The molecular formula is C19H17N3O5. The molecule has 3 rings (SSSR count). The highest BCUT2D eigenvalue weighted by Crippen LogP contribution is 2.23. The maximum absolute atomic E-state index is 11.2. The lowest BCUT2D eigenvalue weighted by Crippen LogP contribution is -2.12. The van der Waals surface area contributed by atoms with Crippen LogP contribution in [0.1, 0.15) is 21.7 Å². The molecule has 4 N–H and O–H groups in total. The quantitative estimate of drug-likeness (QED) is 0.660. The number of rotatable bonds is 7. The van der Waals surface area contributed by atoms with Gasteiger partial charge in [-0.25, -0.2) is 4.79 Å². The maximum Gasteiger partial charge on any atom is 0.404 e. The van der Waals surface area contributed by atoms with Crippen LogP contribution in [0, 0.1) is 0 Å². The molecule has 0 atom stereocenters. The minimum Gasteiger partial charge on any atom is -0.489 e. The number of nitrogens with zero attached hydrogens (tertiary/aromatic N) is 1. The van der Waals surface area contributed by atoms with Crippen LogP contribution < -0.4 is 16.2 Å². The van der Waals surface area contributed by atoms with Gasteiger partial charge in [0.05, 0.1) is 0 Å². The second-order valence-electron chi connectivity index (χ2n) is 5.66. The van der Waals surface area contributed by atoms with E-state index in [0.717, 1.165) is 11.1 Å². The molecular weight excluding hydrogens is 350 g/mol. The fraction of sp³-hybridized carbons (Fsp3) is 0.105. The largest absolute Gasteiger partial charge is 0.489 e. The lowest BCUT2D eigenvalue weighted by Gasteiger charge is -2.07. The van der Waals surface area contributed by atoms with Crippen molar-refractivity contribution in [2.75, 3.05) is 0 Å². The van der Waals surface area contributed by atoms with E-state index >= 15 is 0 Å². The molecule has 8 nitrogen and oxygen atoms in total. The van der Waals surface area contributed by atoms with Crippen LogP contribution in [0.2, 0.25) is 0 Å². The van der Waals surface area contributed by atoms with E-state index in [9.17, 15) is 9.59 Å². The van der Waals surface area contributed by atoms with Gasteiger partial charge in [0.25, 0.3) is 0 Å². The van der Waals surface area contributed by atoms with Gasteiger partial charge in [-0.1, -0.05) is 17.3 Å². The monoisotopic (exact) mass is 367 g/mol. The Kier molecular flexibility index (Phi) is 5.36. The Bertz CT molecular complexity index is 950. The smallest absolute Gasteiger partial charge is 0.404 e. The molecule has 0 aliphatic heterocycles. The third-order valence-corrected chi connectivity index (χ3v) is 3.68. The van der Waals surface area contributed by atoms with Crippen LogP contribution in [-0.2, 0) is 18.0 Å². The Morgan fingerprint density at radius 3 is 2.48 bits per heavy atom. The highest BCUT2D eigenvalue weighted by Gasteiger charge is 2.08. The number of aromatic nitrogens is 1. The van der Waals surface area contributed by atoms with Crippen molar-refractivity contribution in [2.24, 2.45) is 11.5 Å². The van der Waals surface area contributed by atoms with Crippen molar-refractivity contribution >= 4 is 12.0 Å². The van der Waals surface area contributed by atoms with Gasteiger partial charge in [0.2, 0.25) is 5.91 Å². The summed E-state index contributed by atoms with van der Waals surface area (Å²) >= 11 is 0. The van der Waals surface area contributed by atoms with E-state index in [4.69, 9.17) is 20.7 Å². The Hall–Kier alpha value is -3.81. The summed E-state index contributed by atoms with van der Waals surface area (Å²) in [7, 11) is 0. The summed E-state index contributed by atoms with van der Waals surface area (Å²) in [4.78, 5) is 21.8. The van der Waals surface area contributed by atoms with Crippen molar-refractivity contribution in [3.8, 4) is 17.0 Å². The van der Waals surface area contributed by atoms with Crippen LogP contribution in [0.25, 0.3) is 11.3 Å². The number of nitrogens with two attached hydrogens (primary N) is 2. The average Bonchev–Trinajstić information content (AvgIpc) is 3.14. The van der Waals surface area contributed by atoms with E-state index in [0.29, 0.717) is 29.4 Å². The summed E-state index contributed by atoms with van der Waals surface area (Å²) in [6.07, 6.45) is -0.879. The first-order valence-electron chi connectivity index (χ1n) is 8.01. The van der Waals surface area contributed by atoms with E-state index in [-0.39, 0.29) is 6.61 Å². The summed E-state index contributed by atoms with van der Waals surface area (Å²) in [5.41, 5.74) is 12.9. The third kappa shape index (κ3) is 4.85. The van der Waals surface area contributed by atoms with E-state index < -0.39 is 12.0 Å². The average molecular weight is 367 g/mol. The van der Waals surface area contributed by atoms with Crippen molar-refractivity contribution in [3.63, 3.8) is 0 Å². The molecule has 1 aromatic heterocycles. The van der Waals surface area contributed by atoms with Gasteiger partial charge >= 0.3 is 6.09 Å². The van der Waals surface area contributed by atoms with Gasteiger partial charge < -0.3 is 25.5 Å². The minimum atomic E-state index is -0.879. The van der Waals surface area contributed by atoms with Gasteiger partial charge in [0, 0.05) is 17.2 Å². The molecule has 1 heterocycles.